The first-order chi connectivity index (χ1) is 9.15. The Morgan fingerprint density at radius 1 is 1.37 bits per heavy atom. The van der Waals surface area contributed by atoms with E-state index in [2.05, 4.69) is 20.2 Å². The SMILES string of the molecule is Cc1csc(N2CCN(CCCCC(=O)O)CC2)n1. The Kier molecular flexibility index (Phi) is 5.15. The van der Waals surface area contributed by atoms with Crippen molar-refractivity contribution < 1.29 is 9.90 Å². The van der Waals surface area contributed by atoms with Crippen molar-refractivity contribution in [3.8, 4) is 0 Å². The molecule has 0 bridgehead atoms. The van der Waals surface area contributed by atoms with Crippen molar-refractivity contribution in [1.29, 1.82) is 0 Å². The fraction of sp³-hybridized carbons (Fsp3) is 0.692. The van der Waals surface area contributed by atoms with Gasteiger partial charge in [0, 0.05) is 38.0 Å². The van der Waals surface area contributed by atoms with E-state index in [1.807, 2.05) is 6.92 Å². The van der Waals surface area contributed by atoms with E-state index >= 15 is 0 Å². The van der Waals surface area contributed by atoms with Crippen LogP contribution in [0.1, 0.15) is 25.0 Å². The van der Waals surface area contributed by atoms with Gasteiger partial charge in [-0.15, -0.1) is 11.3 Å². The molecular formula is C13H21N3O2S. The molecule has 1 aromatic rings. The van der Waals surface area contributed by atoms with Crippen molar-refractivity contribution in [2.45, 2.75) is 26.2 Å². The maximum Gasteiger partial charge on any atom is 0.303 e. The third-order valence-electron chi connectivity index (χ3n) is 3.36. The molecule has 0 aliphatic carbocycles. The number of nitrogens with zero attached hydrogens (tertiary/aromatic N) is 3. The molecule has 5 nitrogen and oxygen atoms in total. The second-order valence-corrected chi connectivity index (χ2v) is 5.79. The molecule has 6 heteroatoms. The van der Waals surface area contributed by atoms with Crippen LogP contribution in [0.25, 0.3) is 0 Å². The van der Waals surface area contributed by atoms with E-state index < -0.39 is 5.97 Å². The van der Waals surface area contributed by atoms with Gasteiger partial charge in [0.15, 0.2) is 5.13 Å². The monoisotopic (exact) mass is 283 g/mol. The lowest BCUT2D eigenvalue weighted by molar-refractivity contribution is -0.137. The van der Waals surface area contributed by atoms with Crippen LogP contribution in [0.3, 0.4) is 0 Å². The maximum absolute atomic E-state index is 10.4. The zero-order chi connectivity index (χ0) is 13.7. The summed E-state index contributed by atoms with van der Waals surface area (Å²) in [5.74, 6) is -0.691. The Bertz CT molecular complexity index is 414. The molecule has 1 fully saturated rings. The fourth-order valence-electron chi connectivity index (χ4n) is 2.26. The highest BCUT2D eigenvalue weighted by Gasteiger charge is 2.18. The van der Waals surface area contributed by atoms with Crippen molar-refractivity contribution in [1.82, 2.24) is 9.88 Å². The Balaban J connectivity index is 1.66. The number of carboxylic acid groups (broad SMARTS) is 1. The molecular weight excluding hydrogens is 262 g/mol. The van der Waals surface area contributed by atoms with Crippen LogP contribution in [0.5, 0.6) is 0 Å². The number of aryl methyl sites for hydroxylation is 1. The number of unbranched alkanes of at least 4 members (excludes halogenated alkanes) is 1. The highest BCUT2D eigenvalue weighted by Crippen LogP contribution is 2.21. The third kappa shape index (κ3) is 4.47. The van der Waals surface area contributed by atoms with Crippen molar-refractivity contribution >= 4 is 22.4 Å². The molecule has 0 unspecified atom stereocenters. The van der Waals surface area contributed by atoms with Gasteiger partial charge in [0.1, 0.15) is 0 Å². The summed E-state index contributed by atoms with van der Waals surface area (Å²) in [5.41, 5.74) is 1.09. The number of thiazole rings is 1. The third-order valence-corrected chi connectivity index (χ3v) is 4.38. The Hall–Kier alpha value is -1.14. The van der Waals surface area contributed by atoms with Gasteiger partial charge in [-0.1, -0.05) is 0 Å². The maximum atomic E-state index is 10.4. The Labute approximate surface area is 117 Å². The zero-order valence-electron chi connectivity index (χ0n) is 11.3. The summed E-state index contributed by atoms with van der Waals surface area (Å²) in [5, 5.41) is 11.8. The summed E-state index contributed by atoms with van der Waals surface area (Å²) in [6.45, 7) is 7.17. The van der Waals surface area contributed by atoms with Crippen LogP contribution in [-0.2, 0) is 4.79 Å². The first-order valence-corrected chi connectivity index (χ1v) is 7.64. The summed E-state index contributed by atoms with van der Waals surface area (Å²) >= 11 is 1.71. The molecule has 2 rings (SSSR count). The molecule has 1 saturated heterocycles. The highest BCUT2D eigenvalue weighted by atomic mass is 32.1. The topological polar surface area (TPSA) is 56.7 Å². The predicted molar refractivity (Wildman–Crippen MR) is 77.0 cm³/mol. The molecule has 0 amide bonds. The first-order valence-electron chi connectivity index (χ1n) is 6.76. The van der Waals surface area contributed by atoms with Crippen LogP contribution < -0.4 is 4.90 Å². The largest absolute Gasteiger partial charge is 0.481 e. The van der Waals surface area contributed by atoms with E-state index in [0.717, 1.165) is 56.4 Å². The molecule has 0 radical (unpaired) electrons. The molecule has 2 heterocycles. The van der Waals surface area contributed by atoms with Gasteiger partial charge >= 0.3 is 5.97 Å². The minimum Gasteiger partial charge on any atom is -0.481 e. The summed E-state index contributed by atoms with van der Waals surface area (Å²) in [6, 6.07) is 0. The minimum atomic E-state index is -0.691. The molecule has 0 spiro atoms. The Morgan fingerprint density at radius 3 is 2.68 bits per heavy atom. The fourth-order valence-corrected chi connectivity index (χ4v) is 3.12. The quantitative estimate of drug-likeness (QED) is 0.807. The zero-order valence-corrected chi connectivity index (χ0v) is 12.2. The molecule has 1 aliphatic rings. The van der Waals surface area contributed by atoms with Gasteiger partial charge in [-0.05, 0) is 26.3 Å². The van der Waals surface area contributed by atoms with Crippen molar-refractivity contribution in [3.63, 3.8) is 0 Å². The van der Waals surface area contributed by atoms with Crippen LogP contribution in [0.4, 0.5) is 5.13 Å². The number of piperazine rings is 1. The second kappa shape index (κ2) is 6.86. The van der Waals surface area contributed by atoms with E-state index in [-0.39, 0.29) is 0 Å². The lowest BCUT2D eigenvalue weighted by atomic mass is 10.2. The van der Waals surface area contributed by atoms with E-state index in [1.165, 1.54) is 0 Å². The number of hydrogen-bond donors (Lipinski definition) is 1. The van der Waals surface area contributed by atoms with Crippen LogP contribution >= 0.6 is 11.3 Å². The summed E-state index contributed by atoms with van der Waals surface area (Å²) in [4.78, 5) is 19.7. The van der Waals surface area contributed by atoms with Gasteiger partial charge in [-0.3, -0.25) is 9.69 Å². The predicted octanol–water partition coefficient (Wildman–Crippen LogP) is 1.83. The number of carbonyl (C=O) groups is 1. The van der Waals surface area contributed by atoms with E-state index in [9.17, 15) is 4.79 Å². The van der Waals surface area contributed by atoms with Gasteiger partial charge < -0.3 is 10.0 Å². The van der Waals surface area contributed by atoms with Gasteiger partial charge in [-0.2, -0.15) is 0 Å². The van der Waals surface area contributed by atoms with E-state index in [0.29, 0.717) is 6.42 Å². The highest BCUT2D eigenvalue weighted by molar-refractivity contribution is 7.13. The number of carboxylic acids is 1. The Morgan fingerprint density at radius 2 is 2.11 bits per heavy atom. The molecule has 0 atom stereocenters. The minimum absolute atomic E-state index is 0.290. The first kappa shape index (κ1) is 14.3. The molecule has 0 aromatic carbocycles. The molecule has 1 N–H and O–H groups in total. The summed E-state index contributed by atoms with van der Waals surface area (Å²) < 4.78 is 0. The van der Waals surface area contributed by atoms with E-state index in [4.69, 9.17) is 5.11 Å². The van der Waals surface area contributed by atoms with Gasteiger partial charge in [0.25, 0.3) is 0 Å². The number of rotatable bonds is 6. The average Bonchev–Trinajstić information content (AvgIpc) is 2.82. The van der Waals surface area contributed by atoms with E-state index in [1.54, 1.807) is 11.3 Å². The van der Waals surface area contributed by atoms with Crippen LogP contribution in [0.15, 0.2) is 5.38 Å². The van der Waals surface area contributed by atoms with Crippen LogP contribution in [0.2, 0.25) is 0 Å². The second-order valence-electron chi connectivity index (χ2n) is 4.95. The smallest absolute Gasteiger partial charge is 0.303 e. The van der Waals surface area contributed by atoms with Crippen LogP contribution in [-0.4, -0.2) is 53.7 Å². The molecule has 0 saturated carbocycles. The lowest BCUT2D eigenvalue weighted by Crippen LogP contribution is -2.46. The van der Waals surface area contributed by atoms with Crippen molar-refractivity contribution in [2.75, 3.05) is 37.6 Å². The normalized spacial score (nSPS) is 16.8. The lowest BCUT2D eigenvalue weighted by Gasteiger charge is -2.34. The number of hydrogen-bond acceptors (Lipinski definition) is 5. The average molecular weight is 283 g/mol. The summed E-state index contributed by atoms with van der Waals surface area (Å²) in [6.07, 6.45) is 2.04. The molecule has 1 aliphatic heterocycles. The van der Waals surface area contributed by atoms with Gasteiger partial charge in [0.05, 0.1) is 5.69 Å². The number of aliphatic carboxylic acids is 1. The van der Waals surface area contributed by atoms with Crippen LogP contribution in [0, 0.1) is 6.92 Å². The molecule has 106 valence electrons. The summed E-state index contributed by atoms with van der Waals surface area (Å²) in [7, 11) is 0. The van der Waals surface area contributed by atoms with Gasteiger partial charge in [-0.25, -0.2) is 4.98 Å². The standard InChI is InChI=1S/C13H21N3O2S/c1-11-10-19-13(14-11)16-8-6-15(7-9-16)5-3-2-4-12(17)18/h10H,2-9H2,1H3,(H,17,18). The van der Waals surface area contributed by atoms with Crippen molar-refractivity contribution in [2.24, 2.45) is 0 Å². The molecule has 19 heavy (non-hydrogen) atoms. The number of aromatic nitrogens is 1. The van der Waals surface area contributed by atoms with Gasteiger partial charge in [0.2, 0.25) is 0 Å². The number of anilines is 1. The molecule has 1 aromatic heterocycles. The van der Waals surface area contributed by atoms with Crippen molar-refractivity contribution in [3.05, 3.63) is 11.1 Å².